The summed E-state index contributed by atoms with van der Waals surface area (Å²) in [5, 5.41) is 3.44. The van der Waals surface area contributed by atoms with Gasteiger partial charge >= 0.3 is 11.6 Å². The first kappa shape index (κ1) is 17.9. The summed E-state index contributed by atoms with van der Waals surface area (Å²) >= 11 is 6.10. The van der Waals surface area contributed by atoms with Crippen molar-refractivity contribution in [1.82, 2.24) is 0 Å². The minimum absolute atomic E-state index is 0.151. The number of hydrogen-bond acceptors (Lipinski definition) is 5. The van der Waals surface area contributed by atoms with E-state index in [0.717, 1.165) is 6.07 Å². The predicted octanol–water partition coefficient (Wildman–Crippen LogP) is 4.48. The summed E-state index contributed by atoms with van der Waals surface area (Å²) in [5.41, 5.74) is 0.964. The maximum absolute atomic E-state index is 13.3. The van der Waals surface area contributed by atoms with Crippen molar-refractivity contribution in [3.05, 3.63) is 63.7 Å². The Bertz CT molecular complexity index is 1050. The SMILES string of the molecule is CC(Nc1ccc2c(-c3ccc(F)cc3Cl)cc(=O)oc2c1)C(=O)OF. The summed E-state index contributed by atoms with van der Waals surface area (Å²) < 4.78 is 30.4. The van der Waals surface area contributed by atoms with Crippen LogP contribution in [-0.4, -0.2) is 12.0 Å². The minimum Gasteiger partial charge on any atom is -0.423 e. The van der Waals surface area contributed by atoms with E-state index in [1.54, 1.807) is 12.1 Å². The first-order valence-corrected chi connectivity index (χ1v) is 7.89. The molecule has 1 N–H and O–H groups in total. The van der Waals surface area contributed by atoms with Crippen LogP contribution in [0.3, 0.4) is 0 Å². The minimum atomic E-state index is -1.08. The third kappa shape index (κ3) is 3.52. The molecule has 0 aliphatic rings. The largest absolute Gasteiger partial charge is 0.423 e. The van der Waals surface area contributed by atoms with Gasteiger partial charge in [0, 0.05) is 38.9 Å². The fourth-order valence-electron chi connectivity index (χ4n) is 2.56. The molecule has 8 heteroatoms. The maximum atomic E-state index is 13.3. The molecule has 0 bridgehead atoms. The Morgan fingerprint density at radius 2 is 1.96 bits per heavy atom. The van der Waals surface area contributed by atoms with Gasteiger partial charge < -0.3 is 9.73 Å². The van der Waals surface area contributed by atoms with Gasteiger partial charge in [0.05, 0.1) is 5.02 Å². The number of carbonyl (C=O) groups is 1. The second kappa shape index (κ2) is 7.13. The molecule has 3 aromatic rings. The molecule has 0 fully saturated rings. The molecule has 0 saturated carbocycles. The average Bonchev–Trinajstić information content (AvgIpc) is 2.60. The number of fused-ring (bicyclic) bond motifs is 1. The molecular formula is C18H12ClF2NO4. The molecule has 0 aliphatic carbocycles. The van der Waals surface area contributed by atoms with Crippen molar-refractivity contribution in [3.63, 3.8) is 0 Å². The van der Waals surface area contributed by atoms with Crippen molar-refractivity contribution < 1.29 is 23.1 Å². The molecular weight excluding hydrogens is 368 g/mol. The van der Waals surface area contributed by atoms with Gasteiger partial charge in [-0.3, -0.25) is 4.94 Å². The van der Waals surface area contributed by atoms with Crippen molar-refractivity contribution >= 4 is 34.2 Å². The van der Waals surface area contributed by atoms with E-state index in [0.29, 0.717) is 22.2 Å². The van der Waals surface area contributed by atoms with E-state index in [1.165, 1.54) is 31.2 Å². The summed E-state index contributed by atoms with van der Waals surface area (Å²) in [6.07, 6.45) is 0. The zero-order chi connectivity index (χ0) is 18.8. The topological polar surface area (TPSA) is 68.5 Å². The van der Waals surface area contributed by atoms with Gasteiger partial charge in [-0.25, -0.2) is 14.0 Å². The normalized spacial score (nSPS) is 12.0. The van der Waals surface area contributed by atoms with Crippen molar-refractivity contribution in [2.45, 2.75) is 13.0 Å². The highest BCUT2D eigenvalue weighted by Gasteiger charge is 2.16. The Morgan fingerprint density at radius 3 is 2.65 bits per heavy atom. The smallest absolute Gasteiger partial charge is 0.370 e. The van der Waals surface area contributed by atoms with Crippen LogP contribution in [0.15, 0.2) is 51.7 Å². The highest BCUT2D eigenvalue weighted by atomic mass is 35.5. The molecule has 1 heterocycles. The Hall–Kier alpha value is -2.93. The van der Waals surface area contributed by atoms with E-state index in [4.69, 9.17) is 16.0 Å². The maximum Gasteiger partial charge on any atom is 0.370 e. The first-order chi connectivity index (χ1) is 12.4. The molecule has 1 unspecified atom stereocenters. The quantitative estimate of drug-likeness (QED) is 0.677. The molecule has 2 aromatic carbocycles. The zero-order valence-corrected chi connectivity index (χ0v) is 14.1. The van der Waals surface area contributed by atoms with E-state index in [9.17, 15) is 18.5 Å². The number of anilines is 1. The highest BCUT2D eigenvalue weighted by molar-refractivity contribution is 6.33. The Kier molecular flexibility index (Phi) is 4.90. The van der Waals surface area contributed by atoms with Crippen molar-refractivity contribution in [1.29, 1.82) is 0 Å². The average molecular weight is 380 g/mol. The third-order valence-corrected chi connectivity index (χ3v) is 4.09. The van der Waals surface area contributed by atoms with Gasteiger partial charge in [0.1, 0.15) is 17.4 Å². The lowest BCUT2D eigenvalue weighted by molar-refractivity contribution is -0.184. The van der Waals surface area contributed by atoms with Gasteiger partial charge in [-0.15, -0.1) is 0 Å². The number of hydrogen-bond donors (Lipinski definition) is 1. The molecule has 0 amide bonds. The monoisotopic (exact) mass is 379 g/mol. The van der Waals surface area contributed by atoms with Crippen LogP contribution in [0.2, 0.25) is 5.02 Å². The second-order valence-corrected chi connectivity index (χ2v) is 5.98. The fraction of sp³-hybridized carbons (Fsp3) is 0.111. The fourth-order valence-corrected chi connectivity index (χ4v) is 2.83. The Labute approximate surface area is 151 Å². The van der Waals surface area contributed by atoms with E-state index >= 15 is 0 Å². The van der Waals surface area contributed by atoms with E-state index in [2.05, 4.69) is 10.3 Å². The van der Waals surface area contributed by atoms with Crippen LogP contribution in [0.25, 0.3) is 22.1 Å². The molecule has 26 heavy (non-hydrogen) atoms. The van der Waals surface area contributed by atoms with Crippen LogP contribution in [0.5, 0.6) is 0 Å². The number of benzene rings is 2. The number of rotatable bonds is 4. The predicted molar refractivity (Wildman–Crippen MR) is 93.2 cm³/mol. The van der Waals surface area contributed by atoms with Crippen LogP contribution in [0, 0.1) is 5.82 Å². The number of carbonyl (C=O) groups excluding carboxylic acids is 1. The van der Waals surface area contributed by atoms with E-state index in [1.807, 2.05) is 0 Å². The standard InChI is InChI=1S/C18H12ClF2NO4/c1-9(18(24)26-21)22-11-3-5-13-14(8-17(23)25-16(13)7-11)12-4-2-10(20)6-15(12)19/h2-9,22H,1H3. The van der Waals surface area contributed by atoms with Crippen molar-refractivity contribution in [2.75, 3.05) is 5.32 Å². The molecule has 1 aromatic heterocycles. The van der Waals surface area contributed by atoms with E-state index < -0.39 is 23.5 Å². The van der Waals surface area contributed by atoms with Gasteiger partial charge in [-0.05, 0) is 37.3 Å². The Morgan fingerprint density at radius 1 is 1.19 bits per heavy atom. The van der Waals surface area contributed by atoms with Crippen molar-refractivity contribution in [2.24, 2.45) is 0 Å². The molecule has 3 rings (SSSR count). The second-order valence-electron chi connectivity index (χ2n) is 5.58. The van der Waals surface area contributed by atoms with Gasteiger partial charge in [0.25, 0.3) is 0 Å². The summed E-state index contributed by atoms with van der Waals surface area (Å²) in [4.78, 5) is 26.2. The molecule has 0 aliphatic heterocycles. The lowest BCUT2D eigenvalue weighted by atomic mass is 10.0. The zero-order valence-electron chi connectivity index (χ0n) is 13.4. The number of halogens is 3. The van der Waals surface area contributed by atoms with Crippen LogP contribution in [0.4, 0.5) is 14.6 Å². The molecule has 0 saturated heterocycles. The molecule has 134 valence electrons. The highest BCUT2D eigenvalue weighted by Crippen LogP contribution is 2.34. The van der Waals surface area contributed by atoms with Gasteiger partial charge in [-0.2, -0.15) is 0 Å². The summed E-state index contributed by atoms with van der Waals surface area (Å²) in [6.45, 7) is 1.41. The third-order valence-electron chi connectivity index (χ3n) is 3.78. The molecule has 0 radical (unpaired) electrons. The van der Waals surface area contributed by atoms with Crippen LogP contribution in [-0.2, 0) is 9.74 Å². The van der Waals surface area contributed by atoms with Crippen LogP contribution >= 0.6 is 11.6 Å². The Balaban J connectivity index is 2.09. The summed E-state index contributed by atoms with van der Waals surface area (Å²) in [6, 6.07) is 8.92. The molecule has 1 atom stereocenters. The van der Waals surface area contributed by atoms with Gasteiger partial charge in [0.2, 0.25) is 0 Å². The first-order valence-electron chi connectivity index (χ1n) is 7.51. The molecule has 0 spiro atoms. The number of nitrogens with one attached hydrogen (secondary N) is 1. The van der Waals surface area contributed by atoms with Crippen molar-refractivity contribution in [3.8, 4) is 11.1 Å². The lowest BCUT2D eigenvalue weighted by Crippen LogP contribution is -2.26. The summed E-state index contributed by atoms with van der Waals surface area (Å²) in [7, 11) is 0. The summed E-state index contributed by atoms with van der Waals surface area (Å²) in [5.74, 6) is -1.58. The van der Waals surface area contributed by atoms with Gasteiger partial charge in [0.15, 0.2) is 0 Å². The molecule has 5 nitrogen and oxygen atoms in total. The van der Waals surface area contributed by atoms with Crippen LogP contribution < -0.4 is 10.9 Å². The van der Waals surface area contributed by atoms with E-state index in [-0.39, 0.29) is 10.6 Å². The van der Waals surface area contributed by atoms with Crippen LogP contribution in [0.1, 0.15) is 6.92 Å². The lowest BCUT2D eigenvalue weighted by Gasteiger charge is -2.13. The van der Waals surface area contributed by atoms with Gasteiger partial charge in [-0.1, -0.05) is 11.6 Å².